The van der Waals surface area contributed by atoms with Gasteiger partial charge in [-0.15, -0.1) is 0 Å². The van der Waals surface area contributed by atoms with Crippen molar-refractivity contribution in [2.45, 2.75) is 99.2 Å². The summed E-state index contributed by atoms with van der Waals surface area (Å²) in [4.78, 5) is 39.2. The normalized spacial score (nSPS) is 38.7. The molecule has 0 aliphatic heterocycles. The van der Waals surface area contributed by atoms with E-state index in [0.717, 1.165) is 18.4 Å². The molecule has 0 spiro atoms. The number of ketones is 1. The number of esters is 2. The van der Waals surface area contributed by atoms with Crippen LogP contribution in [0.3, 0.4) is 0 Å². The molecule has 0 aromatic heterocycles. The molecule has 5 nitrogen and oxygen atoms in total. The van der Waals surface area contributed by atoms with Crippen LogP contribution in [0.5, 0.6) is 0 Å². The zero-order valence-corrected chi connectivity index (χ0v) is 21.7. The fraction of sp³-hybridized carbons (Fsp3) is 0.750. The van der Waals surface area contributed by atoms with E-state index in [4.69, 9.17) is 9.47 Å². The first kappa shape index (κ1) is 25.7. The van der Waals surface area contributed by atoms with Crippen LogP contribution in [-0.4, -0.2) is 29.4 Å². The van der Waals surface area contributed by atoms with Crippen molar-refractivity contribution in [2.75, 3.05) is 0 Å². The third kappa shape index (κ3) is 4.70. The number of hydrogen-bond donors (Lipinski definition) is 0. The predicted octanol–water partition coefficient (Wildman–Crippen LogP) is 5.82. The molecule has 33 heavy (non-hydrogen) atoms. The summed E-state index contributed by atoms with van der Waals surface area (Å²) in [5, 5.41) is 0. The molecule has 0 saturated heterocycles. The number of ether oxygens (including phenoxy) is 2. The lowest BCUT2D eigenvalue weighted by molar-refractivity contribution is -0.171. The van der Waals surface area contributed by atoms with Gasteiger partial charge < -0.3 is 9.47 Å². The smallest absolute Gasteiger partial charge is 0.309 e. The summed E-state index contributed by atoms with van der Waals surface area (Å²) >= 11 is 0. The second-order valence-electron chi connectivity index (χ2n) is 11.3. The Kier molecular flexibility index (Phi) is 7.31. The lowest BCUT2D eigenvalue weighted by Crippen LogP contribution is -2.49. The quantitative estimate of drug-likeness (QED) is 0.383. The van der Waals surface area contributed by atoms with Crippen molar-refractivity contribution in [3.05, 3.63) is 23.3 Å². The molecule has 0 N–H and O–H groups in total. The molecule has 5 heteroatoms. The lowest BCUT2D eigenvalue weighted by Gasteiger charge is -2.34. The Morgan fingerprint density at radius 3 is 2.33 bits per heavy atom. The molecule has 0 unspecified atom stereocenters. The van der Waals surface area contributed by atoms with E-state index in [1.54, 1.807) is 0 Å². The van der Waals surface area contributed by atoms with Gasteiger partial charge in [-0.1, -0.05) is 52.3 Å². The van der Waals surface area contributed by atoms with Gasteiger partial charge in [0.05, 0.1) is 11.8 Å². The summed E-state index contributed by atoms with van der Waals surface area (Å²) in [6.45, 7) is 15.8. The number of carbonyl (C=O) groups is 3. The lowest BCUT2D eigenvalue weighted by atomic mass is 9.81. The molecule has 3 aliphatic rings. The molecule has 2 fully saturated rings. The topological polar surface area (TPSA) is 69.7 Å². The zero-order chi connectivity index (χ0) is 24.7. The van der Waals surface area contributed by atoms with Crippen molar-refractivity contribution >= 4 is 17.7 Å². The summed E-state index contributed by atoms with van der Waals surface area (Å²) in [5.41, 5.74) is 0.632. The summed E-state index contributed by atoms with van der Waals surface area (Å²) in [5.74, 6) is -0.737. The van der Waals surface area contributed by atoms with Gasteiger partial charge in [0, 0.05) is 13.3 Å². The SMILES string of the molecule is CCC(CC)C(=O)O[C@H]1[C@@H](C)C[C@]2(OC(C)=O)C(=O)/C(C)=C/[C@@H]3[C@H](CC/C(C)=C\[C@@H]12)C3(C)C. The number of allylic oxidation sites excluding steroid dienone is 2. The fourth-order valence-corrected chi connectivity index (χ4v) is 6.40. The highest BCUT2D eigenvalue weighted by atomic mass is 16.6. The van der Waals surface area contributed by atoms with Gasteiger partial charge in [-0.2, -0.15) is 0 Å². The van der Waals surface area contributed by atoms with Gasteiger partial charge in [0.2, 0.25) is 5.78 Å². The maximum atomic E-state index is 14.0. The molecular formula is C28H42O5. The Hall–Kier alpha value is -1.91. The molecule has 3 rings (SSSR count). The summed E-state index contributed by atoms with van der Waals surface area (Å²) < 4.78 is 12.0. The second-order valence-corrected chi connectivity index (χ2v) is 11.3. The van der Waals surface area contributed by atoms with E-state index >= 15 is 0 Å². The minimum atomic E-state index is -1.34. The molecule has 0 bridgehead atoms. The first-order valence-corrected chi connectivity index (χ1v) is 12.7. The van der Waals surface area contributed by atoms with Gasteiger partial charge in [-0.25, -0.2) is 0 Å². The third-order valence-corrected chi connectivity index (χ3v) is 8.60. The van der Waals surface area contributed by atoms with Crippen LogP contribution in [0.1, 0.15) is 87.5 Å². The summed E-state index contributed by atoms with van der Waals surface area (Å²) in [7, 11) is 0. The number of hydrogen-bond acceptors (Lipinski definition) is 5. The van der Waals surface area contributed by atoms with Crippen molar-refractivity contribution in [2.24, 2.45) is 35.0 Å². The molecule has 0 amide bonds. The molecule has 0 radical (unpaired) electrons. The van der Waals surface area contributed by atoms with Crippen LogP contribution in [0, 0.1) is 35.0 Å². The Balaban J connectivity index is 2.08. The van der Waals surface area contributed by atoms with Gasteiger partial charge in [0.15, 0.2) is 5.60 Å². The van der Waals surface area contributed by atoms with E-state index < -0.39 is 23.6 Å². The molecule has 0 heterocycles. The summed E-state index contributed by atoms with van der Waals surface area (Å²) in [6.07, 6.45) is 7.41. The summed E-state index contributed by atoms with van der Waals surface area (Å²) in [6, 6.07) is 0. The highest BCUT2D eigenvalue weighted by Gasteiger charge is 2.61. The predicted molar refractivity (Wildman–Crippen MR) is 128 cm³/mol. The number of rotatable bonds is 5. The molecule has 0 aromatic carbocycles. The fourth-order valence-electron chi connectivity index (χ4n) is 6.40. The van der Waals surface area contributed by atoms with Crippen molar-refractivity contribution in [1.82, 2.24) is 0 Å². The van der Waals surface area contributed by atoms with Gasteiger partial charge >= 0.3 is 11.9 Å². The largest absolute Gasteiger partial charge is 0.461 e. The second kappa shape index (κ2) is 9.38. The van der Waals surface area contributed by atoms with E-state index in [1.807, 2.05) is 27.7 Å². The zero-order valence-electron chi connectivity index (χ0n) is 21.7. The highest BCUT2D eigenvalue weighted by molar-refractivity contribution is 6.03. The minimum absolute atomic E-state index is 0.110. The van der Waals surface area contributed by atoms with Crippen LogP contribution in [0.2, 0.25) is 0 Å². The maximum absolute atomic E-state index is 14.0. The van der Waals surface area contributed by atoms with Gasteiger partial charge in [0.1, 0.15) is 6.10 Å². The average molecular weight is 459 g/mol. The molecule has 2 saturated carbocycles. The highest BCUT2D eigenvalue weighted by Crippen LogP contribution is 2.62. The molecule has 6 atom stereocenters. The van der Waals surface area contributed by atoms with E-state index in [2.05, 4.69) is 32.9 Å². The van der Waals surface area contributed by atoms with Gasteiger partial charge in [-0.3, -0.25) is 14.4 Å². The average Bonchev–Trinajstić information content (AvgIpc) is 3.14. The molecular weight excluding hydrogens is 416 g/mol. The standard InChI is InChI=1S/C28H42O5/c1-9-20(10-2)26(31)32-24-18(5)15-28(33-19(6)29)23(24)13-16(3)11-12-21-22(27(21,7)8)14-17(4)25(28)30/h13-14,18,20-24H,9-12,15H2,1-8H3/b16-13-,17-14+/t18-,21-,22+,23-,24-,28+/m0/s1. The Bertz CT molecular complexity index is 862. The van der Waals surface area contributed by atoms with Crippen molar-refractivity contribution in [1.29, 1.82) is 0 Å². The van der Waals surface area contributed by atoms with E-state index in [1.165, 1.54) is 6.92 Å². The first-order valence-electron chi connectivity index (χ1n) is 12.7. The van der Waals surface area contributed by atoms with Crippen molar-refractivity contribution in [3.8, 4) is 0 Å². The monoisotopic (exact) mass is 458 g/mol. The first-order chi connectivity index (χ1) is 15.4. The van der Waals surface area contributed by atoms with Gasteiger partial charge in [-0.05, 0) is 68.3 Å². The Labute approximate surface area is 199 Å². The Morgan fingerprint density at radius 2 is 1.76 bits per heavy atom. The van der Waals surface area contributed by atoms with Crippen LogP contribution >= 0.6 is 0 Å². The Morgan fingerprint density at radius 1 is 1.12 bits per heavy atom. The third-order valence-electron chi connectivity index (χ3n) is 8.60. The van der Waals surface area contributed by atoms with Crippen LogP contribution in [0.4, 0.5) is 0 Å². The molecule has 184 valence electrons. The van der Waals surface area contributed by atoms with Gasteiger partial charge in [0.25, 0.3) is 0 Å². The molecule has 3 aliphatic carbocycles. The van der Waals surface area contributed by atoms with E-state index in [0.29, 0.717) is 36.7 Å². The number of carbonyl (C=O) groups excluding carboxylic acids is 3. The molecule has 0 aromatic rings. The van der Waals surface area contributed by atoms with E-state index in [-0.39, 0.29) is 29.0 Å². The minimum Gasteiger partial charge on any atom is -0.461 e. The van der Waals surface area contributed by atoms with Crippen molar-refractivity contribution in [3.63, 3.8) is 0 Å². The van der Waals surface area contributed by atoms with Crippen LogP contribution in [0.15, 0.2) is 23.3 Å². The van der Waals surface area contributed by atoms with Crippen LogP contribution < -0.4 is 0 Å². The van der Waals surface area contributed by atoms with Crippen molar-refractivity contribution < 1.29 is 23.9 Å². The van der Waals surface area contributed by atoms with Crippen LogP contribution in [-0.2, 0) is 23.9 Å². The number of fused-ring (bicyclic) bond motifs is 2. The number of Topliss-reactive ketones (excluding diaryl/α,β-unsaturated/α-hetero) is 1. The van der Waals surface area contributed by atoms with Crippen LogP contribution in [0.25, 0.3) is 0 Å². The maximum Gasteiger partial charge on any atom is 0.309 e. The van der Waals surface area contributed by atoms with E-state index in [9.17, 15) is 14.4 Å².